The monoisotopic (exact) mass is 368 g/mol. The molecule has 1 aromatic carbocycles. The Kier molecular flexibility index (Phi) is 3.43. The van der Waals surface area contributed by atoms with Gasteiger partial charge in [0, 0.05) is 16.6 Å². The molecule has 102 valence electrons. The second-order valence-corrected chi connectivity index (χ2v) is 6.86. The Bertz CT molecular complexity index is 700. The molecular weight excluding hydrogens is 360 g/mol. The number of amides is 2. The number of carbonyl (C=O) groups excluding carboxylic acids is 2. The Labute approximate surface area is 133 Å². The Balaban J connectivity index is 2.26. The fraction of sp³-hybridized carbons (Fsp3) is 0.154. The minimum absolute atomic E-state index is 0.150. The largest absolute Gasteiger partial charge is 0.308 e. The predicted octanol–water partition coefficient (Wildman–Crippen LogP) is 2.67. The average molecular weight is 369 g/mol. The zero-order valence-electron chi connectivity index (χ0n) is 10.4. The molecule has 1 saturated heterocycles. The standard InChI is InChI=1S/C13H9BrN2O2S2/c1-2-16-8-4-3-6(14)5-7(8)9(12(16)18)10-11(17)15-13(19)20-10/h3-5H,2H2,1H3,(H,15,17,19)/b10-9-. The van der Waals surface area contributed by atoms with Crippen LogP contribution in [0.25, 0.3) is 5.57 Å². The number of nitrogens with one attached hydrogen (secondary N) is 1. The van der Waals surface area contributed by atoms with Gasteiger partial charge in [-0.2, -0.15) is 0 Å². The number of anilines is 1. The van der Waals surface area contributed by atoms with Crippen molar-refractivity contribution in [1.82, 2.24) is 5.32 Å². The normalized spacial score (nSPS) is 21.5. The fourth-order valence-corrected chi connectivity index (χ4v) is 3.79. The number of benzene rings is 1. The highest BCUT2D eigenvalue weighted by molar-refractivity contribution is 9.10. The lowest BCUT2D eigenvalue weighted by atomic mass is 10.1. The molecule has 0 aliphatic carbocycles. The van der Waals surface area contributed by atoms with Crippen LogP contribution in [-0.2, 0) is 9.59 Å². The zero-order valence-corrected chi connectivity index (χ0v) is 13.6. The molecule has 0 saturated carbocycles. The van der Waals surface area contributed by atoms with E-state index >= 15 is 0 Å². The van der Waals surface area contributed by atoms with Gasteiger partial charge in [-0.15, -0.1) is 0 Å². The first-order valence-corrected chi connectivity index (χ1v) is 7.94. The highest BCUT2D eigenvalue weighted by Gasteiger charge is 2.38. The van der Waals surface area contributed by atoms with Gasteiger partial charge in [0.2, 0.25) is 0 Å². The molecule has 2 amide bonds. The molecule has 2 aliphatic heterocycles. The van der Waals surface area contributed by atoms with E-state index in [1.165, 1.54) is 0 Å². The van der Waals surface area contributed by atoms with Gasteiger partial charge in [-0.1, -0.05) is 39.9 Å². The van der Waals surface area contributed by atoms with Gasteiger partial charge in [-0.25, -0.2) is 0 Å². The lowest BCUT2D eigenvalue weighted by Gasteiger charge is -2.13. The van der Waals surface area contributed by atoms with Crippen molar-refractivity contribution >= 4 is 67.3 Å². The first-order chi connectivity index (χ1) is 9.52. The third-order valence-corrected chi connectivity index (χ3v) is 4.86. The molecule has 0 spiro atoms. The van der Waals surface area contributed by atoms with Crippen LogP contribution in [0.2, 0.25) is 0 Å². The first kappa shape index (κ1) is 13.8. The van der Waals surface area contributed by atoms with Gasteiger partial charge in [0.25, 0.3) is 11.8 Å². The van der Waals surface area contributed by atoms with Crippen molar-refractivity contribution < 1.29 is 9.59 Å². The summed E-state index contributed by atoms with van der Waals surface area (Å²) in [6.07, 6.45) is 0. The summed E-state index contributed by atoms with van der Waals surface area (Å²) < 4.78 is 1.25. The SMILES string of the molecule is CCN1C(=O)/C(=C2\SC(=S)NC2=O)c2cc(Br)ccc21. The van der Waals surface area contributed by atoms with Crippen LogP contribution in [0.4, 0.5) is 5.69 Å². The highest BCUT2D eigenvalue weighted by Crippen LogP contribution is 2.43. The molecule has 20 heavy (non-hydrogen) atoms. The topological polar surface area (TPSA) is 49.4 Å². The van der Waals surface area contributed by atoms with Crippen LogP contribution in [0.1, 0.15) is 12.5 Å². The molecule has 0 bridgehead atoms. The summed E-state index contributed by atoms with van der Waals surface area (Å²) in [4.78, 5) is 26.6. The van der Waals surface area contributed by atoms with E-state index in [0.717, 1.165) is 27.5 Å². The predicted molar refractivity (Wildman–Crippen MR) is 87.4 cm³/mol. The number of likely N-dealkylation sites (N-methyl/N-ethyl adjacent to an activating group) is 1. The van der Waals surface area contributed by atoms with Gasteiger partial charge in [0.05, 0.1) is 16.2 Å². The summed E-state index contributed by atoms with van der Waals surface area (Å²) in [6.45, 7) is 2.46. The van der Waals surface area contributed by atoms with Crippen LogP contribution in [0, 0.1) is 0 Å². The molecule has 2 aliphatic rings. The molecule has 2 heterocycles. The average Bonchev–Trinajstić information content (AvgIpc) is 2.85. The zero-order chi connectivity index (χ0) is 14.4. The van der Waals surface area contributed by atoms with Gasteiger partial charge >= 0.3 is 0 Å². The maximum Gasteiger partial charge on any atom is 0.264 e. The molecule has 4 nitrogen and oxygen atoms in total. The second kappa shape index (κ2) is 4.98. The highest BCUT2D eigenvalue weighted by atomic mass is 79.9. The van der Waals surface area contributed by atoms with Crippen molar-refractivity contribution in [2.24, 2.45) is 0 Å². The summed E-state index contributed by atoms with van der Waals surface area (Å²) in [6, 6.07) is 5.62. The van der Waals surface area contributed by atoms with E-state index in [0.29, 0.717) is 21.3 Å². The lowest BCUT2D eigenvalue weighted by Crippen LogP contribution is -2.26. The van der Waals surface area contributed by atoms with Crippen molar-refractivity contribution in [2.75, 3.05) is 11.4 Å². The van der Waals surface area contributed by atoms with E-state index in [9.17, 15) is 9.59 Å². The number of fused-ring (bicyclic) bond motifs is 1. The number of rotatable bonds is 1. The number of halogens is 1. The van der Waals surface area contributed by atoms with Crippen molar-refractivity contribution in [3.05, 3.63) is 33.1 Å². The number of thiocarbonyl (C=S) groups is 1. The molecule has 7 heteroatoms. The number of nitrogens with zero attached hydrogens (tertiary/aromatic N) is 1. The van der Waals surface area contributed by atoms with Crippen molar-refractivity contribution in [1.29, 1.82) is 0 Å². The fourth-order valence-electron chi connectivity index (χ4n) is 2.32. The van der Waals surface area contributed by atoms with Crippen LogP contribution in [0.5, 0.6) is 0 Å². The summed E-state index contributed by atoms with van der Waals surface area (Å²) >= 11 is 9.54. The van der Waals surface area contributed by atoms with E-state index in [-0.39, 0.29) is 11.8 Å². The summed E-state index contributed by atoms with van der Waals surface area (Å²) in [5.74, 6) is -0.449. The summed E-state index contributed by atoms with van der Waals surface area (Å²) in [5, 5.41) is 2.56. The van der Waals surface area contributed by atoms with E-state index < -0.39 is 0 Å². The third-order valence-electron chi connectivity index (χ3n) is 3.14. The Morgan fingerprint density at radius 2 is 2.15 bits per heavy atom. The molecule has 1 N–H and O–H groups in total. The maximum absolute atomic E-state index is 12.6. The molecule has 1 aromatic rings. The first-order valence-electron chi connectivity index (χ1n) is 5.92. The summed E-state index contributed by atoms with van der Waals surface area (Å²) in [5.41, 5.74) is 2.04. The maximum atomic E-state index is 12.6. The Morgan fingerprint density at radius 3 is 2.75 bits per heavy atom. The smallest absolute Gasteiger partial charge is 0.264 e. The van der Waals surface area contributed by atoms with Crippen LogP contribution < -0.4 is 10.2 Å². The van der Waals surface area contributed by atoms with Crippen LogP contribution >= 0.6 is 39.9 Å². The van der Waals surface area contributed by atoms with E-state index in [2.05, 4.69) is 21.2 Å². The van der Waals surface area contributed by atoms with Gasteiger partial charge in [-0.05, 0) is 25.1 Å². The van der Waals surface area contributed by atoms with E-state index in [4.69, 9.17) is 12.2 Å². The number of thioether (sulfide) groups is 1. The van der Waals surface area contributed by atoms with Crippen molar-refractivity contribution in [2.45, 2.75) is 6.92 Å². The van der Waals surface area contributed by atoms with E-state index in [1.807, 2.05) is 25.1 Å². The molecule has 1 fully saturated rings. The second-order valence-electron chi connectivity index (χ2n) is 4.26. The molecule has 3 rings (SSSR count). The molecule has 0 atom stereocenters. The molecule has 0 unspecified atom stereocenters. The number of hydrogen-bond donors (Lipinski definition) is 1. The third kappa shape index (κ3) is 2.01. The van der Waals surface area contributed by atoms with Crippen LogP contribution in [-0.4, -0.2) is 22.7 Å². The van der Waals surface area contributed by atoms with Crippen molar-refractivity contribution in [3.63, 3.8) is 0 Å². The van der Waals surface area contributed by atoms with Crippen molar-refractivity contribution in [3.8, 4) is 0 Å². The minimum atomic E-state index is -0.299. The minimum Gasteiger partial charge on any atom is -0.308 e. The van der Waals surface area contributed by atoms with Gasteiger partial charge in [0.1, 0.15) is 4.32 Å². The quantitative estimate of drug-likeness (QED) is 0.611. The number of carbonyl (C=O) groups is 2. The van der Waals surface area contributed by atoms with E-state index in [1.54, 1.807) is 4.90 Å². The van der Waals surface area contributed by atoms with Gasteiger partial charge in [-0.3, -0.25) is 9.59 Å². The Hall–Kier alpha value is -1.18. The van der Waals surface area contributed by atoms with Crippen LogP contribution in [0.15, 0.2) is 27.6 Å². The van der Waals surface area contributed by atoms with Gasteiger partial charge < -0.3 is 10.2 Å². The summed E-state index contributed by atoms with van der Waals surface area (Å²) in [7, 11) is 0. The van der Waals surface area contributed by atoms with Crippen LogP contribution in [0.3, 0.4) is 0 Å². The number of hydrogen-bond acceptors (Lipinski definition) is 4. The molecule has 0 aromatic heterocycles. The lowest BCUT2D eigenvalue weighted by molar-refractivity contribution is -0.116. The molecular formula is C13H9BrN2O2S2. The Morgan fingerprint density at radius 1 is 1.40 bits per heavy atom. The van der Waals surface area contributed by atoms with Gasteiger partial charge in [0.15, 0.2) is 0 Å². The molecule has 0 radical (unpaired) electrons.